The van der Waals surface area contributed by atoms with Crippen LogP contribution in [-0.2, 0) is 35.2 Å². The van der Waals surface area contributed by atoms with Crippen LogP contribution in [0, 0.1) is 5.41 Å². The van der Waals surface area contributed by atoms with Gasteiger partial charge < -0.3 is 29.7 Å². The van der Waals surface area contributed by atoms with Gasteiger partial charge in [0.2, 0.25) is 11.8 Å². The molecule has 1 saturated heterocycles. The van der Waals surface area contributed by atoms with Crippen molar-refractivity contribution in [2.45, 2.75) is 77.4 Å². The molecule has 2 fully saturated rings. The number of rotatable bonds is 8. The highest BCUT2D eigenvalue weighted by Gasteiger charge is 2.65. The summed E-state index contributed by atoms with van der Waals surface area (Å²) in [6, 6.07) is 7.61. The summed E-state index contributed by atoms with van der Waals surface area (Å²) in [5, 5.41) is 5.53. The fourth-order valence-electron chi connectivity index (χ4n) is 4.86. The van der Waals surface area contributed by atoms with Crippen LogP contribution < -0.4 is 10.6 Å². The van der Waals surface area contributed by atoms with Crippen LogP contribution in [-0.4, -0.2) is 65.7 Å². The van der Waals surface area contributed by atoms with E-state index in [0.29, 0.717) is 38.1 Å². The molecule has 2 N–H and O–H groups in total. The first-order chi connectivity index (χ1) is 17.5. The molecule has 0 aromatic heterocycles. The summed E-state index contributed by atoms with van der Waals surface area (Å²) in [5.41, 5.74) is -0.385. The van der Waals surface area contributed by atoms with Gasteiger partial charge in [-0.05, 0) is 30.7 Å². The Morgan fingerprint density at radius 2 is 1.95 bits per heavy atom. The number of nitrogens with one attached hydrogen (secondary N) is 2. The molecule has 1 spiro atoms. The Labute approximate surface area is 216 Å². The first kappa shape index (κ1) is 26.7. The van der Waals surface area contributed by atoms with E-state index in [4.69, 9.17) is 14.2 Å². The lowest BCUT2D eigenvalue weighted by atomic mass is 9.85. The average Bonchev–Trinajstić information content (AvgIpc) is 3.17. The third-order valence-electron chi connectivity index (χ3n) is 6.90. The maximum atomic E-state index is 13.6. The summed E-state index contributed by atoms with van der Waals surface area (Å²) in [6.07, 6.45) is 1.86. The Morgan fingerprint density at radius 1 is 1.22 bits per heavy atom. The highest BCUT2D eigenvalue weighted by atomic mass is 16.6. The summed E-state index contributed by atoms with van der Waals surface area (Å²) in [4.78, 5) is 53.0. The fourth-order valence-corrected chi connectivity index (χ4v) is 4.86. The molecule has 1 saturated carbocycles. The van der Waals surface area contributed by atoms with Crippen molar-refractivity contribution in [3.8, 4) is 0 Å². The lowest BCUT2D eigenvalue weighted by Crippen LogP contribution is -2.57. The fraction of sp³-hybridized carbons (Fsp3) is 0.556. The van der Waals surface area contributed by atoms with Gasteiger partial charge in [-0.2, -0.15) is 0 Å². The van der Waals surface area contributed by atoms with Gasteiger partial charge in [0.05, 0.1) is 5.70 Å². The second-order valence-electron chi connectivity index (χ2n) is 10.7. The Balaban J connectivity index is 1.41. The Hall–Kier alpha value is -3.40. The summed E-state index contributed by atoms with van der Waals surface area (Å²) in [7, 11) is 0. The lowest BCUT2D eigenvalue weighted by molar-refractivity contribution is -0.143. The highest BCUT2D eigenvalue weighted by molar-refractivity contribution is 5.95. The Bertz CT molecular complexity index is 1080. The van der Waals surface area contributed by atoms with Gasteiger partial charge in [-0.3, -0.25) is 9.59 Å². The van der Waals surface area contributed by atoms with Crippen molar-refractivity contribution in [3.63, 3.8) is 0 Å². The van der Waals surface area contributed by atoms with Gasteiger partial charge in [-0.15, -0.1) is 0 Å². The van der Waals surface area contributed by atoms with E-state index in [9.17, 15) is 19.2 Å². The predicted molar refractivity (Wildman–Crippen MR) is 133 cm³/mol. The summed E-state index contributed by atoms with van der Waals surface area (Å²) >= 11 is 0. The van der Waals surface area contributed by atoms with E-state index in [0.717, 1.165) is 5.56 Å². The largest absolute Gasteiger partial charge is 0.446 e. The number of carbonyl (C=O) groups is 4. The zero-order valence-corrected chi connectivity index (χ0v) is 21.7. The minimum atomic E-state index is -0.950. The van der Waals surface area contributed by atoms with E-state index in [-0.39, 0.29) is 18.6 Å². The summed E-state index contributed by atoms with van der Waals surface area (Å²) in [6.45, 7) is 8.30. The smallest absolute Gasteiger partial charge is 0.408 e. The normalized spacial score (nSPS) is 25.4. The summed E-state index contributed by atoms with van der Waals surface area (Å²) in [5.74, 6) is -1.28. The second kappa shape index (κ2) is 10.5. The van der Waals surface area contributed by atoms with Gasteiger partial charge in [0.15, 0.2) is 5.60 Å². The van der Waals surface area contributed by atoms with Crippen molar-refractivity contribution in [2.75, 3.05) is 13.2 Å². The third-order valence-corrected chi connectivity index (χ3v) is 6.90. The van der Waals surface area contributed by atoms with Crippen LogP contribution in [0.1, 0.15) is 52.5 Å². The number of likely N-dealkylation sites (tertiary alicyclic amines) is 1. The topological polar surface area (TPSA) is 123 Å². The molecule has 2 aliphatic heterocycles. The van der Waals surface area contributed by atoms with Crippen molar-refractivity contribution in [1.82, 2.24) is 15.5 Å². The number of hydrogen-bond acceptors (Lipinski definition) is 7. The number of carbonyl (C=O) groups excluding carboxylic acids is 4. The number of hydrogen-bond donors (Lipinski definition) is 2. The van der Waals surface area contributed by atoms with Gasteiger partial charge in [-0.25, -0.2) is 9.59 Å². The third kappa shape index (κ3) is 5.79. The lowest BCUT2D eigenvalue weighted by Gasteiger charge is -2.35. The van der Waals surface area contributed by atoms with E-state index >= 15 is 0 Å². The molecule has 3 amide bonds. The van der Waals surface area contributed by atoms with Crippen molar-refractivity contribution < 1.29 is 33.4 Å². The molecular formula is C27H35N3O7. The van der Waals surface area contributed by atoms with E-state index in [2.05, 4.69) is 10.6 Å². The maximum Gasteiger partial charge on any atom is 0.408 e. The molecule has 10 heteroatoms. The van der Waals surface area contributed by atoms with E-state index in [1.165, 1.54) is 11.0 Å². The first-order valence-corrected chi connectivity index (χ1v) is 12.7. The first-order valence-electron chi connectivity index (χ1n) is 12.7. The number of amides is 3. The van der Waals surface area contributed by atoms with Crippen molar-refractivity contribution in [3.05, 3.63) is 47.7 Å². The monoisotopic (exact) mass is 513 g/mol. The van der Waals surface area contributed by atoms with Crippen LogP contribution in [0.2, 0.25) is 0 Å². The molecule has 10 nitrogen and oxygen atoms in total. The molecule has 1 aromatic rings. The molecule has 4 rings (SSSR count). The number of ether oxygens (including phenoxy) is 3. The van der Waals surface area contributed by atoms with Gasteiger partial charge >= 0.3 is 12.1 Å². The number of alkyl carbamates (subject to hydrolysis) is 1. The van der Waals surface area contributed by atoms with Crippen LogP contribution >= 0.6 is 0 Å². The minimum absolute atomic E-state index is 0.0763. The molecule has 37 heavy (non-hydrogen) atoms. The van der Waals surface area contributed by atoms with E-state index in [1.807, 2.05) is 58.0 Å². The number of esters is 1. The average molecular weight is 514 g/mol. The molecule has 4 atom stereocenters. The Kier molecular flexibility index (Phi) is 7.59. The van der Waals surface area contributed by atoms with Crippen LogP contribution in [0.5, 0.6) is 0 Å². The van der Waals surface area contributed by atoms with Crippen molar-refractivity contribution in [1.29, 1.82) is 0 Å². The van der Waals surface area contributed by atoms with Crippen molar-refractivity contribution >= 4 is 23.9 Å². The number of nitrogens with zero attached hydrogens (tertiary/aromatic N) is 1. The molecule has 0 radical (unpaired) electrons. The minimum Gasteiger partial charge on any atom is -0.446 e. The predicted octanol–water partition coefficient (Wildman–Crippen LogP) is 2.42. The molecule has 1 aliphatic carbocycles. The van der Waals surface area contributed by atoms with Gasteiger partial charge in [-0.1, -0.05) is 51.1 Å². The zero-order valence-electron chi connectivity index (χ0n) is 21.7. The van der Waals surface area contributed by atoms with Crippen LogP contribution in [0.15, 0.2) is 42.1 Å². The van der Waals surface area contributed by atoms with Gasteiger partial charge in [0, 0.05) is 25.6 Å². The van der Waals surface area contributed by atoms with E-state index < -0.39 is 41.1 Å². The summed E-state index contributed by atoms with van der Waals surface area (Å²) < 4.78 is 16.4. The maximum absolute atomic E-state index is 13.6. The molecule has 2 heterocycles. The molecule has 200 valence electrons. The molecule has 3 aliphatic rings. The highest BCUT2D eigenvalue weighted by Crippen LogP contribution is 2.50. The number of benzene rings is 1. The quantitative estimate of drug-likeness (QED) is 0.512. The van der Waals surface area contributed by atoms with Crippen LogP contribution in [0.4, 0.5) is 4.79 Å². The zero-order chi connectivity index (χ0) is 26.8. The SMILES string of the molecule is CCOC1CC12OC(=O)C=C2NC(=O)[C@@H]1CCCN1C(=O)[C@@H](NC(=O)OCc1ccccc1)C(C)(C)C. The van der Waals surface area contributed by atoms with Gasteiger partial charge in [0.1, 0.15) is 24.8 Å². The van der Waals surface area contributed by atoms with Crippen LogP contribution in [0.25, 0.3) is 0 Å². The Morgan fingerprint density at radius 3 is 2.62 bits per heavy atom. The van der Waals surface area contributed by atoms with Gasteiger partial charge in [0.25, 0.3) is 0 Å². The van der Waals surface area contributed by atoms with E-state index in [1.54, 1.807) is 0 Å². The molecule has 2 unspecified atom stereocenters. The molecular weight excluding hydrogens is 478 g/mol. The molecule has 0 bridgehead atoms. The second-order valence-corrected chi connectivity index (χ2v) is 10.7. The van der Waals surface area contributed by atoms with Crippen LogP contribution in [0.3, 0.4) is 0 Å². The molecule has 1 aromatic carbocycles. The standard InChI is InChI=1S/C27H35N3O7/c1-5-35-20-15-27(20)19(14-21(31)37-27)28-23(32)18-12-9-13-30(18)24(33)22(26(2,3)4)29-25(34)36-16-17-10-7-6-8-11-17/h6-8,10-11,14,18,20,22H,5,9,12-13,15-16H2,1-4H3,(H,28,32)(H,29,34)/t18-,20?,22+,27?/m0/s1. The van der Waals surface area contributed by atoms with Crippen molar-refractivity contribution in [2.24, 2.45) is 5.41 Å².